The molecule has 0 saturated heterocycles. The van der Waals surface area contributed by atoms with Gasteiger partial charge in [0, 0.05) is 27.8 Å². The van der Waals surface area contributed by atoms with E-state index in [0.29, 0.717) is 33.0 Å². The molecular weight excluding hydrogens is 501 g/mol. The first-order valence-electron chi connectivity index (χ1n) is 11.3. The van der Waals surface area contributed by atoms with Crippen LogP contribution in [0.5, 0.6) is 11.9 Å². The lowest BCUT2D eigenvalue weighted by Crippen LogP contribution is -2.33. The number of anilines is 1. The summed E-state index contributed by atoms with van der Waals surface area (Å²) in [5.74, 6) is 0.660. The van der Waals surface area contributed by atoms with Gasteiger partial charge in [-0.05, 0) is 49.2 Å². The van der Waals surface area contributed by atoms with Crippen molar-refractivity contribution in [2.75, 3.05) is 19.1 Å². The number of hydrogen-bond donors (Lipinski definition) is 0. The first-order chi connectivity index (χ1) is 17.3. The smallest absolute Gasteiger partial charge is 0.319 e. The standard InChI is InChI=1S/C26H21Cl2N5O3/c1-12(2)32-22-20(30-23(32)18-11-29-26(36-4)31-24(18)35-3)25(34)33-19-10-14(28)5-7-15(19)17-9-13(27)6-8-16(17)21(22)33/h5-12,21H,1-4H3. The van der Waals surface area contributed by atoms with Crippen molar-refractivity contribution in [2.24, 2.45) is 0 Å². The van der Waals surface area contributed by atoms with E-state index in [9.17, 15) is 4.79 Å². The Balaban J connectivity index is 1.64. The van der Waals surface area contributed by atoms with Crippen molar-refractivity contribution in [2.45, 2.75) is 25.9 Å². The number of methoxy groups -OCH3 is 2. The number of nitrogens with zero attached hydrogens (tertiary/aromatic N) is 5. The van der Waals surface area contributed by atoms with Crippen LogP contribution in [-0.4, -0.2) is 39.6 Å². The van der Waals surface area contributed by atoms with Crippen molar-refractivity contribution in [3.05, 3.63) is 69.6 Å². The molecule has 4 aromatic rings. The number of aromatic nitrogens is 4. The molecule has 10 heteroatoms. The molecule has 0 fully saturated rings. The Morgan fingerprint density at radius 1 is 0.944 bits per heavy atom. The van der Waals surface area contributed by atoms with E-state index in [1.54, 1.807) is 11.1 Å². The van der Waals surface area contributed by atoms with Crippen molar-refractivity contribution in [3.63, 3.8) is 0 Å². The Morgan fingerprint density at radius 3 is 2.42 bits per heavy atom. The minimum absolute atomic E-state index is 0.0349. The van der Waals surface area contributed by atoms with Gasteiger partial charge in [-0.2, -0.15) is 4.98 Å². The molecule has 0 saturated carbocycles. The van der Waals surface area contributed by atoms with Crippen molar-refractivity contribution in [1.29, 1.82) is 0 Å². The van der Waals surface area contributed by atoms with Crippen LogP contribution in [0, 0.1) is 0 Å². The zero-order chi connectivity index (χ0) is 25.3. The van der Waals surface area contributed by atoms with Crippen LogP contribution in [0.25, 0.3) is 22.5 Å². The quantitative estimate of drug-likeness (QED) is 0.328. The monoisotopic (exact) mass is 521 g/mol. The summed E-state index contributed by atoms with van der Waals surface area (Å²) in [6.45, 7) is 4.09. The molecule has 182 valence electrons. The number of carbonyl (C=O) groups is 1. The van der Waals surface area contributed by atoms with E-state index in [4.69, 9.17) is 37.7 Å². The van der Waals surface area contributed by atoms with E-state index >= 15 is 0 Å². The van der Waals surface area contributed by atoms with Crippen molar-refractivity contribution in [1.82, 2.24) is 19.5 Å². The highest BCUT2D eigenvalue weighted by atomic mass is 35.5. The third kappa shape index (κ3) is 3.14. The van der Waals surface area contributed by atoms with E-state index in [1.807, 2.05) is 50.2 Å². The summed E-state index contributed by atoms with van der Waals surface area (Å²) in [4.78, 5) is 29.2. The topological polar surface area (TPSA) is 82.4 Å². The van der Waals surface area contributed by atoms with Gasteiger partial charge in [0.1, 0.15) is 11.9 Å². The maximum absolute atomic E-state index is 14.0. The summed E-state index contributed by atoms with van der Waals surface area (Å²) in [6, 6.07) is 11.1. The molecular formula is C26H21Cl2N5O3. The molecule has 2 aliphatic rings. The molecule has 0 aliphatic carbocycles. The van der Waals surface area contributed by atoms with Crippen LogP contribution in [0.2, 0.25) is 10.0 Å². The van der Waals surface area contributed by atoms with Gasteiger partial charge in [-0.15, -0.1) is 0 Å². The number of amides is 1. The summed E-state index contributed by atoms with van der Waals surface area (Å²) in [7, 11) is 3.01. The second-order valence-electron chi connectivity index (χ2n) is 8.88. The molecule has 36 heavy (non-hydrogen) atoms. The van der Waals surface area contributed by atoms with Gasteiger partial charge in [0.2, 0.25) is 5.88 Å². The fourth-order valence-electron chi connectivity index (χ4n) is 5.16. The van der Waals surface area contributed by atoms with Crippen molar-refractivity contribution in [3.8, 4) is 34.4 Å². The average molecular weight is 522 g/mol. The van der Waals surface area contributed by atoms with Crippen LogP contribution in [0.1, 0.15) is 47.7 Å². The molecule has 1 atom stereocenters. The van der Waals surface area contributed by atoms with Crippen LogP contribution in [-0.2, 0) is 0 Å². The Hall–Kier alpha value is -3.62. The number of benzene rings is 2. The summed E-state index contributed by atoms with van der Waals surface area (Å²) in [5, 5.41) is 1.16. The number of hydrogen-bond acceptors (Lipinski definition) is 6. The number of ether oxygens (including phenoxy) is 2. The van der Waals surface area contributed by atoms with Crippen LogP contribution < -0.4 is 14.4 Å². The number of carbonyl (C=O) groups excluding carboxylic acids is 1. The second-order valence-corrected chi connectivity index (χ2v) is 9.76. The van der Waals surface area contributed by atoms with Gasteiger partial charge in [-0.3, -0.25) is 9.69 Å². The van der Waals surface area contributed by atoms with Crippen LogP contribution in [0.15, 0.2) is 42.6 Å². The first kappa shape index (κ1) is 22.8. The van der Waals surface area contributed by atoms with Gasteiger partial charge < -0.3 is 14.0 Å². The molecule has 6 rings (SSSR count). The van der Waals surface area contributed by atoms with E-state index < -0.39 is 6.04 Å². The average Bonchev–Trinajstić information content (AvgIpc) is 3.39. The molecule has 4 heterocycles. The normalized spacial score (nSPS) is 15.5. The summed E-state index contributed by atoms with van der Waals surface area (Å²) in [6.07, 6.45) is 1.60. The Labute approximate surface area is 217 Å². The third-order valence-corrected chi connectivity index (χ3v) is 7.04. The predicted octanol–water partition coefficient (Wildman–Crippen LogP) is 5.98. The molecule has 2 aromatic heterocycles. The zero-order valence-electron chi connectivity index (χ0n) is 19.9. The SMILES string of the molecule is COc1ncc(-c2nc3c(n2C(C)C)C2c4ccc(Cl)cc4-c4ccc(Cl)cc4N2C3=O)c(OC)n1. The molecule has 2 aromatic carbocycles. The first-order valence-corrected chi connectivity index (χ1v) is 12.1. The minimum Gasteiger partial charge on any atom is -0.480 e. The predicted molar refractivity (Wildman–Crippen MR) is 137 cm³/mol. The molecule has 8 nitrogen and oxygen atoms in total. The van der Waals surface area contributed by atoms with E-state index in [-0.39, 0.29) is 18.0 Å². The summed E-state index contributed by atoms with van der Waals surface area (Å²) < 4.78 is 12.7. The van der Waals surface area contributed by atoms with Gasteiger partial charge in [-0.25, -0.2) is 9.97 Å². The molecule has 1 unspecified atom stereocenters. The molecule has 1 amide bonds. The molecule has 0 bridgehead atoms. The molecule has 0 spiro atoms. The fraction of sp³-hybridized carbons (Fsp3) is 0.231. The fourth-order valence-corrected chi connectivity index (χ4v) is 5.49. The Bertz CT molecular complexity index is 1570. The van der Waals surface area contributed by atoms with Gasteiger partial charge >= 0.3 is 6.01 Å². The summed E-state index contributed by atoms with van der Waals surface area (Å²) >= 11 is 12.8. The summed E-state index contributed by atoms with van der Waals surface area (Å²) in [5.41, 5.74) is 5.27. The molecule has 0 radical (unpaired) electrons. The van der Waals surface area contributed by atoms with Crippen molar-refractivity contribution < 1.29 is 14.3 Å². The minimum atomic E-state index is -0.403. The number of imidazole rings is 1. The van der Waals surface area contributed by atoms with Crippen LogP contribution in [0.3, 0.4) is 0 Å². The van der Waals surface area contributed by atoms with E-state index in [0.717, 1.165) is 28.1 Å². The van der Waals surface area contributed by atoms with Gasteiger partial charge in [0.05, 0.1) is 31.2 Å². The van der Waals surface area contributed by atoms with Gasteiger partial charge in [0.25, 0.3) is 5.91 Å². The Morgan fingerprint density at radius 2 is 1.69 bits per heavy atom. The highest BCUT2D eigenvalue weighted by Crippen LogP contribution is 2.53. The number of rotatable bonds is 4. The highest BCUT2D eigenvalue weighted by Gasteiger charge is 2.48. The van der Waals surface area contributed by atoms with Gasteiger partial charge in [-0.1, -0.05) is 35.3 Å². The van der Waals surface area contributed by atoms with E-state index in [1.165, 1.54) is 14.2 Å². The lowest BCUT2D eigenvalue weighted by atomic mass is 9.88. The van der Waals surface area contributed by atoms with Gasteiger partial charge in [0.15, 0.2) is 5.69 Å². The van der Waals surface area contributed by atoms with Crippen molar-refractivity contribution >= 4 is 34.8 Å². The van der Waals surface area contributed by atoms with E-state index in [2.05, 4.69) is 14.5 Å². The molecule has 2 aliphatic heterocycles. The Kier molecular flexibility index (Phi) is 5.21. The van der Waals surface area contributed by atoms with Crippen LogP contribution >= 0.6 is 23.2 Å². The second kappa shape index (κ2) is 8.21. The van der Waals surface area contributed by atoms with Crippen LogP contribution in [0.4, 0.5) is 5.69 Å². The maximum Gasteiger partial charge on any atom is 0.319 e. The molecule has 0 N–H and O–H groups in total. The lowest BCUT2D eigenvalue weighted by Gasteiger charge is -2.35. The zero-order valence-corrected chi connectivity index (χ0v) is 21.4. The number of halogens is 2. The maximum atomic E-state index is 14.0. The lowest BCUT2D eigenvalue weighted by molar-refractivity contribution is 0.0989. The number of fused-ring (bicyclic) bond motifs is 8. The third-order valence-electron chi connectivity index (χ3n) is 6.57. The largest absolute Gasteiger partial charge is 0.480 e. The highest BCUT2D eigenvalue weighted by molar-refractivity contribution is 6.32.